The van der Waals surface area contributed by atoms with Crippen molar-refractivity contribution in [1.82, 2.24) is 0 Å². The molecule has 20 heavy (non-hydrogen) atoms. The van der Waals surface area contributed by atoms with Crippen LogP contribution in [0.15, 0.2) is 42.5 Å². The average Bonchev–Trinajstić information content (AvgIpc) is 2.39. The van der Waals surface area contributed by atoms with Gasteiger partial charge >= 0.3 is 0 Å². The van der Waals surface area contributed by atoms with Gasteiger partial charge in [-0.25, -0.2) is 4.39 Å². The molecule has 0 fully saturated rings. The Labute approximate surface area is 115 Å². The van der Waals surface area contributed by atoms with Crippen molar-refractivity contribution in [2.75, 3.05) is 11.9 Å². The summed E-state index contributed by atoms with van der Waals surface area (Å²) < 4.78 is 13.2. The second kappa shape index (κ2) is 4.92. The summed E-state index contributed by atoms with van der Waals surface area (Å²) >= 11 is 0. The molecule has 2 aromatic carbocycles. The third-order valence-electron chi connectivity index (χ3n) is 3.66. The van der Waals surface area contributed by atoms with E-state index >= 15 is 0 Å². The molecule has 0 saturated carbocycles. The van der Waals surface area contributed by atoms with Crippen LogP contribution in [0.5, 0.6) is 0 Å². The quantitative estimate of drug-likeness (QED) is 0.684. The molecule has 4 nitrogen and oxygen atoms in total. The lowest BCUT2D eigenvalue weighted by molar-refractivity contribution is -0.384. The molecule has 0 aromatic heterocycles. The summed E-state index contributed by atoms with van der Waals surface area (Å²) in [4.78, 5) is 10.4. The van der Waals surface area contributed by atoms with Crippen LogP contribution in [0.25, 0.3) is 0 Å². The normalized spacial score (nSPS) is 16.1. The molecular formula is C15H13FN2O2. The van der Waals surface area contributed by atoms with Crippen molar-refractivity contribution in [3.63, 3.8) is 0 Å². The molecule has 0 bridgehead atoms. The maximum absolute atomic E-state index is 13.2. The molecule has 1 aliphatic rings. The smallest absolute Gasteiger partial charge is 0.292 e. The number of nitrogens with one attached hydrogen (secondary N) is 1. The Morgan fingerprint density at radius 3 is 2.85 bits per heavy atom. The van der Waals surface area contributed by atoms with Crippen LogP contribution in [0.4, 0.5) is 15.8 Å². The topological polar surface area (TPSA) is 55.2 Å². The van der Waals surface area contributed by atoms with Crippen molar-refractivity contribution >= 4 is 11.4 Å². The molecule has 102 valence electrons. The Balaban J connectivity index is 1.74. The maximum atomic E-state index is 13.2. The lowest BCUT2D eigenvalue weighted by Gasteiger charge is -2.30. The molecule has 0 heterocycles. The minimum absolute atomic E-state index is 0.0981. The largest absolute Gasteiger partial charge is 0.379 e. The molecular weight excluding hydrogens is 259 g/mol. The Morgan fingerprint density at radius 2 is 2.10 bits per heavy atom. The number of nitro groups is 1. The van der Waals surface area contributed by atoms with Gasteiger partial charge in [-0.05, 0) is 23.6 Å². The summed E-state index contributed by atoms with van der Waals surface area (Å²) in [5.74, 6) is -0.152. The Hall–Kier alpha value is -2.43. The fourth-order valence-corrected chi connectivity index (χ4v) is 2.59. The highest BCUT2D eigenvalue weighted by Gasteiger charge is 2.25. The minimum Gasteiger partial charge on any atom is -0.379 e. The van der Waals surface area contributed by atoms with Crippen molar-refractivity contribution in [2.45, 2.75) is 12.3 Å². The van der Waals surface area contributed by atoms with Crippen LogP contribution in [0.1, 0.15) is 17.0 Å². The second-order valence-corrected chi connectivity index (χ2v) is 4.90. The number of fused-ring (bicyclic) bond motifs is 1. The lowest BCUT2D eigenvalue weighted by atomic mass is 9.77. The number of nitro benzene ring substituents is 1. The Kier molecular flexibility index (Phi) is 3.10. The van der Waals surface area contributed by atoms with Gasteiger partial charge < -0.3 is 5.32 Å². The molecule has 1 N–H and O–H groups in total. The van der Waals surface area contributed by atoms with E-state index in [0.29, 0.717) is 12.5 Å². The molecule has 2 aromatic rings. The SMILES string of the molecule is O=[N+]([O-])c1ccc(F)cc1NCC1Cc2ccccc21. The van der Waals surface area contributed by atoms with Gasteiger partial charge in [-0.2, -0.15) is 0 Å². The first-order chi connectivity index (χ1) is 9.65. The highest BCUT2D eigenvalue weighted by Crippen LogP contribution is 2.35. The van der Waals surface area contributed by atoms with E-state index in [4.69, 9.17) is 0 Å². The Morgan fingerprint density at radius 1 is 1.30 bits per heavy atom. The summed E-state index contributed by atoms with van der Waals surface area (Å²) in [7, 11) is 0. The zero-order valence-electron chi connectivity index (χ0n) is 10.7. The molecule has 5 heteroatoms. The van der Waals surface area contributed by atoms with Crippen LogP contribution in [0.2, 0.25) is 0 Å². The number of hydrogen-bond donors (Lipinski definition) is 1. The minimum atomic E-state index is -0.503. The molecule has 1 atom stereocenters. The van der Waals surface area contributed by atoms with E-state index in [-0.39, 0.29) is 11.4 Å². The van der Waals surface area contributed by atoms with Gasteiger partial charge in [-0.15, -0.1) is 0 Å². The number of rotatable bonds is 4. The van der Waals surface area contributed by atoms with Crippen LogP contribution < -0.4 is 5.32 Å². The van der Waals surface area contributed by atoms with Gasteiger partial charge in [-0.1, -0.05) is 24.3 Å². The van der Waals surface area contributed by atoms with E-state index in [0.717, 1.165) is 12.5 Å². The van der Waals surface area contributed by atoms with Crippen molar-refractivity contribution in [3.05, 3.63) is 69.5 Å². The highest BCUT2D eigenvalue weighted by molar-refractivity contribution is 5.61. The standard InChI is InChI=1S/C15H13FN2O2/c16-12-5-6-15(18(19)20)14(8-12)17-9-11-7-10-3-1-2-4-13(10)11/h1-6,8,11,17H,7,9H2. The van der Waals surface area contributed by atoms with E-state index < -0.39 is 10.7 Å². The lowest BCUT2D eigenvalue weighted by Crippen LogP contribution is -2.24. The van der Waals surface area contributed by atoms with Crippen LogP contribution in [-0.4, -0.2) is 11.5 Å². The summed E-state index contributed by atoms with van der Waals surface area (Å²) in [5.41, 5.74) is 2.71. The van der Waals surface area contributed by atoms with Crippen molar-refractivity contribution in [1.29, 1.82) is 0 Å². The fourth-order valence-electron chi connectivity index (χ4n) is 2.59. The summed E-state index contributed by atoms with van der Waals surface area (Å²) in [5, 5.41) is 13.9. The van der Waals surface area contributed by atoms with E-state index in [1.54, 1.807) is 0 Å². The number of halogens is 1. The van der Waals surface area contributed by atoms with Crippen molar-refractivity contribution in [2.24, 2.45) is 0 Å². The van der Waals surface area contributed by atoms with Gasteiger partial charge in [0.1, 0.15) is 11.5 Å². The van der Waals surface area contributed by atoms with Gasteiger partial charge in [0.15, 0.2) is 0 Å². The summed E-state index contributed by atoms with van der Waals surface area (Å²) in [6.07, 6.45) is 0.951. The molecule has 0 aliphatic heterocycles. The molecule has 1 unspecified atom stereocenters. The van der Waals surface area contributed by atoms with E-state index in [1.165, 1.54) is 23.3 Å². The number of benzene rings is 2. The Bertz CT molecular complexity index is 673. The van der Waals surface area contributed by atoms with Crippen LogP contribution in [0, 0.1) is 15.9 Å². The first kappa shape index (κ1) is 12.6. The summed E-state index contributed by atoms with van der Waals surface area (Å²) in [6, 6.07) is 11.6. The highest BCUT2D eigenvalue weighted by atomic mass is 19.1. The van der Waals surface area contributed by atoms with Crippen molar-refractivity contribution < 1.29 is 9.31 Å². The second-order valence-electron chi connectivity index (χ2n) is 4.90. The predicted octanol–water partition coefficient (Wildman–Crippen LogP) is 3.49. The fraction of sp³-hybridized carbons (Fsp3) is 0.200. The first-order valence-electron chi connectivity index (χ1n) is 6.41. The maximum Gasteiger partial charge on any atom is 0.292 e. The zero-order chi connectivity index (χ0) is 14.1. The molecule has 3 rings (SSSR count). The third kappa shape index (κ3) is 2.22. The molecule has 1 aliphatic carbocycles. The van der Waals surface area contributed by atoms with Gasteiger partial charge in [-0.3, -0.25) is 10.1 Å². The average molecular weight is 272 g/mol. The molecule has 0 amide bonds. The monoisotopic (exact) mass is 272 g/mol. The zero-order valence-corrected chi connectivity index (χ0v) is 10.7. The molecule has 0 radical (unpaired) electrons. The van der Waals surface area contributed by atoms with Crippen LogP contribution >= 0.6 is 0 Å². The number of hydrogen-bond acceptors (Lipinski definition) is 3. The first-order valence-corrected chi connectivity index (χ1v) is 6.41. The van der Waals surface area contributed by atoms with Gasteiger partial charge in [0, 0.05) is 24.6 Å². The van der Waals surface area contributed by atoms with E-state index in [9.17, 15) is 14.5 Å². The van der Waals surface area contributed by atoms with Crippen LogP contribution in [-0.2, 0) is 6.42 Å². The predicted molar refractivity (Wildman–Crippen MR) is 74.4 cm³/mol. The van der Waals surface area contributed by atoms with Gasteiger partial charge in [0.25, 0.3) is 5.69 Å². The number of anilines is 1. The molecule has 0 saturated heterocycles. The van der Waals surface area contributed by atoms with Gasteiger partial charge in [0.05, 0.1) is 4.92 Å². The number of nitrogens with zero attached hydrogens (tertiary/aromatic N) is 1. The van der Waals surface area contributed by atoms with Crippen LogP contribution in [0.3, 0.4) is 0 Å². The molecule has 0 spiro atoms. The summed E-state index contributed by atoms with van der Waals surface area (Å²) in [6.45, 7) is 0.571. The van der Waals surface area contributed by atoms with E-state index in [2.05, 4.69) is 17.4 Å². The third-order valence-corrected chi connectivity index (χ3v) is 3.66. The van der Waals surface area contributed by atoms with Crippen molar-refractivity contribution in [3.8, 4) is 0 Å². The van der Waals surface area contributed by atoms with Gasteiger partial charge in [0.2, 0.25) is 0 Å². The van der Waals surface area contributed by atoms with E-state index in [1.807, 2.05) is 12.1 Å².